The number of anilines is 3. The molecule has 0 unspecified atom stereocenters. The standard InChI is InChI=1S/C12H13IN4/c1-7-6-15-12(14)17-11(7)16-10-5-3-4-9(13)8(10)2/h3-6H,1-2H3,(H3,14,15,16,17). The molecule has 1 heterocycles. The second kappa shape index (κ2) is 4.87. The highest BCUT2D eigenvalue weighted by Crippen LogP contribution is 2.24. The maximum absolute atomic E-state index is 5.59. The number of hydrogen-bond donors (Lipinski definition) is 2. The first-order valence-electron chi connectivity index (χ1n) is 5.19. The summed E-state index contributed by atoms with van der Waals surface area (Å²) >= 11 is 2.31. The smallest absolute Gasteiger partial charge is 0.221 e. The van der Waals surface area contributed by atoms with Crippen LogP contribution in [-0.4, -0.2) is 9.97 Å². The normalized spacial score (nSPS) is 10.3. The summed E-state index contributed by atoms with van der Waals surface area (Å²) in [6, 6.07) is 6.11. The van der Waals surface area contributed by atoms with Crippen LogP contribution in [-0.2, 0) is 0 Å². The molecule has 17 heavy (non-hydrogen) atoms. The number of nitrogen functional groups attached to an aromatic ring is 1. The third-order valence-corrected chi connectivity index (χ3v) is 3.68. The van der Waals surface area contributed by atoms with Crippen LogP contribution in [0.1, 0.15) is 11.1 Å². The van der Waals surface area contributed by atoms with Gasteiger partial charge in [-0.2, -0.15) is 4.98 Å². The Morgan fingerprint density at radius 2 is 2.06 bits per heavy atom. The fourth-order valence-corrected chi connectivity index (χ4v) is 1.95. The summed E-state index contributed by atoms with van der Waals surface area (Å²) in [4.78, 5) is 8.14. The van der Waals surface area contributed by atoms with Crippen molar-refractivity contribution >= 4 is 40.0 Å². The molecule has 2 rings (SSSR count). The molecule has 0 saturated heterocycles. The Morgan fingerprint density at radius 3 is 2.82 bits per heavy atom. The second-order valence-electron chi connectivity index (χ2n) is 3.80. The van der Waals surface area contributed by atoms with Crippen LogP contribution in [0.25, 0.3) is 0 Å². The lowest BCUT2D eigenvalue weighted by Gasteiger charge is -2.11. The van der Waals surface area contributed by atoms with Crippen LogP contribution >= 0.6 is 22.6 Å². The molecule has 3 N–H and O–H groups in total. The molecule has 0 fully saturated rings. The van der Waals surface area contributed by atoms with E-state index in [1.165, 1.54) is 9.13 Å². The molecule has 0 atom stereocenters. The van der Waals surface area contributed by atoms with Crippen molar-refractivity contribution < 1.29 is 0 Å². The fourth-order valence-electron chi connectivity index (χ4n) is 1.45. The third kappa shape index (κ3) is 2.66. The Kier molecular flexibility index (Phi) is 3.46. The topological polar surface area (TPSA) is 63.8 Å². The van der Waals surface area contributed by atoms with Gasteiger partial charge >= 0.3 is 0 Å². The molecule has 0 radical (unpaired) electrons. The van der Waals surface area contributed by atoms with E-state index in [-0.39, 0.29) is 5.95 Å². The number of aryl methyl sites for hydroxylation is 1. The SMILES string of the molecule is Cc1cnc(N)nc1Nc1cccc(I)c1C. The molecular formula is C12H13IN4. The fraction of sp³-hybridized carbons (Fsp3) is 0.167. The zero-order valence-corrected chi connectivity index (χ0v) is 11.8. The van der Waals surface area contributed by atoms with Gasteiger partial charge in [-0.05, 0) is 54.1 Å². The molecule has 88 valence electrons. The molecular weight excluding hydrogens is 327 g/mol. The van der Waals surface area contributed by atoms with Gasteiger partial charge in [0.15, 0.2) is 0 Å². The highest BCUT2D eigenvalue weighted by atomic mass is 127. The lowest BCUT2D eigenvalue weighted by atomic mass is 10.2. The Balaban J connectivity index is 2.38. The van der Waals surface area contributed by atoms with Crippen molar-refractivity contribution in [3.63, 3.8) is 0 Å². The van der Waals surface area contributed by atoms with Crippen molar-refractivity contribution in [2.75, 3.05) is 11.1 Å². The molecule has 0 spiro atoms. The Hall–Kier alpha value is -1.37. The van der Waals surface area contributed by atoms with Crippen molar-refractivity contribution in [1.29, 1.82) is 0 Å². The molecule has 2 aromatic rings. The minimum Gasteiger partial charge on any atom is -0.368 e. The molecule has 0 aliphatic carbocycles. The minimum absolute atomic E-state index is 0.279. The largest absolute Gasteiger partial charge is 0.368 e. The van der Waals surface area contributed by atoms with Crippen LogP contribution in [0, 0.1) is 17.4 Å². The number of nitrogens with zero attached hydrogens (tertiary/aromatic N) is 2. The molecule has 0 bridgehead atoms. The third-order valence-electron chi connectivity index (χ3n) is 2.51. The number of aromatic nitrogens is 2. The summed E-state index contributed by atoms with van der Waals surface area (Å²) in [5.41, 5.74) is 8.79. The van der Waals surface area contributed by atoms with Gasteiger partial charge in [0.05, 0.1) is 0 Å². The van der Waals surface area contributed by atoms with E-state index < -0.39 is 0 Å². The van der Waals surface area contributed by atoms with Crippen molar-refractivity contribution in [2.24, 2.45) is 0 Å². The van der Waals surface area contributed by atoms with Crippen molar-refractivity contribution in [3.05, 3.63) is 39.1 Å². The number of benzene rings is 1. The molecule has 0 aliphatic rings. The summed E-state index contributed by atoms with van der Waals surface area (Å²) in [6.07, 6.45) is 1.72. The predicted molar refractivity (Wildman–Crippen MR) is 78.4 cm³/mol. The Bertz CT molecular complexity index is 554. The summed E-state index contributed by atoms with van der Waals surface area (Å²) < 4.78 is 1.22. The second-order valence-corrected chi connectivity index (χ2v) is 4.96. The zero-order chi connectivity index (χ0) is 12.4. The Morgan fingerprint density at radius 1 is 1.29 bits per heavy atom. The van der Waals surface area contributed by atoms with E-state index in [1.54, 1.807) is 6.20 Å². The molecule has 4 nitrogen and oxygen atoms in total. The number of rotatable bonds is 2. The quantitative estimate of drug-likeness (QED) is 0.825. The van der Waals surface area contributed by atoms with Crippen LogP contribution in [0.4, 0.5) is 17.5 Å². The van der Waals surface area contributed by atoms with E-state index in [2.05, 4.69) is 50.9 Å². The molecule has 5 heteroatoms. The summed E-state index contributed by atoms with van der Waals surface area (Å²) in [6.45, 7) is 4.02. The highest BCUT2D eigenvalue weighted by Gasteiger charge is 2.05. The van der Waals surface area contributed by atoms with Gasteiger partial charge in [-0.3, -0.25) is 0 Å². The highest BCUT2D eigenvalue weighted by molar-refractivity contribution is 14.1. The van der Waals surface area contributed by atoms with Crippen LogP contribution in [0.15, 0.2) is 24.4 Å². The van der Waals surface area contributed by atoms with Gasteiger partial charge in [-0.15, -0.1) is 0 Å². The van der Waals surface area contributed by atoms with Crippen molar-refractivity contribution in [3.8, 4) is 0 Å². The predicted octanol–water partition coefficient (Wildman–Crippen LogP) is 3.02. The van der Waals surface area contributed by atoms with E-state index in [4.69, 9.17) is 5.73 Å². The summed E-state index contributed by atoms with van der Waals surface area (Å²) in [7, 11) is 0. The van der Waals surface area contributed by atoms with Gasteiger partial charge in [0.25, 0.3) is 0 Å². The van der Waals surface area contributed by atoms with Gasteiger partial charge in [-0.1, -0.05) is 6.07 Å². The molecule has 0 aliphatic heterocycles. The molecule has 1 aromatic carbocycles. The van der Waals surface area contributed by atoms with Crippen molar-refractivity contribution in [1.82, 2.24) is 9.97 Å². The minimum atomic E-state index is 0.279. The number of halogens is 1. The van der Waals surface area contributed by atoms with Crippen LogP contribution in [0.2, 0.25) is 0 Å². The van der Waals surface area contributed by atoms with Gasteiger partial charge in [0.1, 0.15) is 5.82 Å². The van der Waals surface area contributed by atoms with Crippen molar-refractivity contribution in [2.45, 2.75) is 13.8 Å². The average molecular weight is 340 g/mol. The van der Waals surface area contributed by atoms with E-state index in [0.717, 1.165) is 17.1 Å². The van der Waals surface area contributed by atoms with Gasteiger partial charge in [0.2, 0.25) is 5.95 Å². The average Bonchev–Trinajstić information content (AvgIpc) is 2.30. The number of nitrogens with two attached hydrogens (primary N) is 1. The molecule has 0 amide bonds. The van der Waals surface area contributed by atoms with Gasteiger partial charge < -0.3 is 11.1 Å². The summed E-state index contributed by atoms with van der Waals surface area (Å²) in [5, 5.41) is 3.29. The maximum Gasteiger partial charge on any atom is 0.221 e. The van der Waals surface area contributed by atoms with E-state index in [0.29, 0.717) is 0 Å². The number of nitrogens with one attached hydrogen (secondary N) is 1. The lowest BCUT2D eigenvalue weighted by molar-refractivity contribution is 1.14. The molecule has 0 saturated carbocycles. The van der Waals surface area contributed by atoms with Gasteiger partial charge in [0, 0.05) is 21.0 Å². The van der Waals surface area contributed by atoms with E-state index >= 15 is 0 Å². The van der Waals surface area contributed by atoms with Crippen LogP contribution < -0.4 is 11.1 Å². The first kappa shape index (κ1) is 12.1. The van der Waals surface area contributed by atoms with E-state index in [9.17, 15) is 0 Å². The zero-order valence-electron chi connectivity index (χ0n) is 9.66. The number of hydrogen-bond acceptors (Lipinski definition) is 4. The summed E-state index contributed by atoms with van der Waals surface area (Å²) in [5.74, 6) is 1.03. The lowest BCUT2D eigenvalue weighted by Crippen LogP contribution is -2.03. The first-order valence-corrected chi connectivity index (χ1v) is 6.27. The monoisotopic (exact) mass is 340 g/mol. The van der Waals surface area contributed by atoms with Crippen LogP contribution in [0.3, 0.4) is 0 Å². The Labute approximate surface area is 114 Å². The maximum atomic E-state index is 5.59. The van der Waals surface area contributed by atoms with E-state index in [1.807, 2.05) is 19.1 Å². The van der Waals surface area contributed by atoms with Crippen LogP contribution in [0.5, 0.6) is 0 Å². The molecule has 1 aromatic heterocycles. The van der Waals surface area contributed by atoms with Gasteiger partial charge in [-0.25, -0.2) is 4.98 Å². The first-order chi connectivity index (χ1) is 8.08.